The van der Waals surface area contributed by atoms with Gasteiger partial charge in [0.2, 0.25) is 0 Å². The van der Waals surface area contributed by atoms with Crippen LogP contribution in [0.4, 0.5) is 0 Å². The zero-order valence-electron chi connectivity index (χ0n) is 12.8. The molecule has 0 aromatic carbocycles. The van der Waals surface area contributed by atoms with Gasteiger partial charge in [0.15, 0.2) is 5.79 Å². The van der Waals surface area contributed by atoms with Gasteiger partial charge in [0.25, 0.3) is 0 Å². The van der Waals surface area contributed by atoms with Crippen LogP contribution in [0.25, 0.3) is 0 Å². The van der Waals surface area contributed by atoms with Crippen LogP contribution in [-0.2, 0) is 0 Å². The highest BCUT2D eigenvalue weighted by atomic mass is 28.1. The minimum Gasteiger partial charge on any atom is -0.256 e. The van der Waals surface area contributed by atoms with E-state index in [2.05, 4.69) is 66.3 Å². The molecule has 6 nitrogen and oxygen atoms in total. The minimum atomic E-state index is -0.308. The lowest BCUT2D eigenvalue weighted by molar-refractivity contribution is -0.212. The first-order valence-electron chi connectivity index (χ1n) is 5.93. The van der Waals surface area contributed by atoms with Crippen LogP contribution in [0.1, 0.15) is 13.8 Å². The molecule has 0 bridgehead atoms. The summed E-state index contributed by atoms with van der Waals surface area (Å²) in [6, 6.07) is 0. The Hall–Kier alpha value is -0.0231. The molecule has 0 amide bonds. The van der Waals surface area contributed by atoms with Gasteiger partial charge in [-0.05, 0) is 26.2 Å². The number of nitrogens with one attached hydrogen (secondary N) is 3. The largest absolute Gasteiger partial charge is 0.256 e. The molecule has 7 heteroatoms. The van der Waals surface area contributed by atoms with Gasteiger partial charge in [0.05, 0.1) is 0 Å². The summed E-state index contributed by atoms with van der Waals surface area (Å²) >= 11 is 0. The number of nitrogens with zero attached hydrogens (tertiary/aromatic N) is 3. The maximum Gasteiger partial charge on any atom is 0.169 e. The van der Waals surface area contributed by atoms with Crippen molar-refractivity contribution < 1.29 is 0 Å². The maximum atomic E-state index is 3.24. The van der Waals surface area contributed by atoms with Crippen molar-refractivity contribution in [2.45, 2.75) is 24.7 Å². The monoisotopic (exact) mass is 262 g/mol. The lowest BCUT2D eigenvalue weighted by Crippen LogP contribution is -2.77. The van der Waals surface area contributed by atoms with Gasteiger partial charge in [-0.3, -0.25) is 16.3 Å². The smallest absolute Gasteiger partial charge is 0.169 e. The molecule has 0 aliphatic rings. The first-order valence-corrected chi connectivity index (χ1v) is 6.93. The summed E-state index contributed by atoms with van der Waals surface area (Å²) in [6.45, 7) is 4.55. The van der Waals surface area contributed by atoms with E-state index < -0.39 is 0 Å². The fourth-order valence-corrected chi connectivity index (χ4v) is 3.66. The third-order valence-corrected chi connectivity index (χ3v) is 4.09. The maximum absolute atomic E-state index is 3.24. The number of hydrogen-bond acceptors (Lipinski definition) is 6. The van der Waals surface area contributed by atoms with E-state index in [1.807, 2.05) is 21.1 Å². The first kappa shape index (κ1) is 17.0. The predicted molar refractivity (Wildman–Crippen MR) is 77.2 cm³/mol. The van der Waals surface area contributed by atoms with Crippen LogP contribution >= 0.6 is 0 Å². The van der Waals surface area contributed by atoms with Gasteiger partial charge in [-0.1, -0.05) is 13.8 Å². The van der Waals surface area contributed by atoms with E-state index in [4.69, 9.17) is 0 Å². The summed E-state index contributed by atoms with van der Waals surface area (Å²) in [5.41, 5.74) is 9.71. The molecule has 0 spiro atoms. The molecule has 0 saturated heterocycles. The van der Waals surface area contributed by atoms with Gasteiger partial charge >= 0.3 is 0 Å². The van der Waals surface area contributed by atoms with Crippen molar-refractivity contribution in [1.82, 2.24) is 31.3 Å². The third-order valence-electron chi connectivity index (χ3n) is 3.42. The van der Waals surface area contributed by atoms with Gasteiger partial charge in [-0.25, -0.2) is 15.0 Å². The standard InChI is InChI=1S/C10H30N6Si/c1-9(2,17)10(14(6)11-3,15(7)12-4)16(8)13-5/h11-13H,1-8,17H3. The Morgan fingerprint density at radius 2 is 1.00 bits per heavy atom. The summed E-state index contributed by atoms with van der Waals surface area (Å²) in [5, 5.41) is 6.47. The van der Waals surface area contributed by atoms with Crippen molar-refractivity contribution in [1.29, 1.82) is 0 Å². The van der Waals surface area contributed by atoms with E-state index in [9.17, 15) is 0 Å². The van der Waals surface area contributed by atoms with Crippen molar-refractivity contribution in [2.75, 3.05) is 42.3 Å². The fourth-order valence-electron chi connectivity index (χ4n) is 2.65. The molecular formula is C10H30N6Si. The number of rotatable bonds is 7. The van der Waals surface area contributed by atoms with Crippen LogP contribution in [0, 0.1) is 0 Å². The Balaban J connectivity index is 5.71. The van der Waals surface area contributed by atoms with Crippen LogP contribution in [0.5, 0.6) is 0 Å². The Morgan fingerprint density at radius 3 is 1.12 bits per heavy atom. The SMILES string of the molecule is CNN(C)C(N(C)NC)(N(C)NC)C(C)(C)[SiH3]. The molecule has 0 rings (SSSR count). The van der Waals surface area contributed by atoms with Gasteiger partial charge in [-0.2, -0.15) is 0 Å². The van der Waals surface area contributed by atoms with Crippen molar-refractivity contribution in [2.24, 2.45) is 0 Å². The Labute approximate surface area is 109 Å². The van der Waals surface area contributed by atoms with Crippen molar-refractivity contribution in [3.05, 3.63) is 0 Å². The lowest BCUT2D eigenvalue weighted by atomic mass is 10.0. The van der Waals surface area contributed by atoms with Gasteiger partial charge in [0.1, 0.15) is 0 Å². The summed E-state index contributed by atoms with van der Waals surface area (Å²) < 4.78 is 0. The lowest BCUT2D eigenvalue weighted by Gasteiger charge is -2.58. The third kappa shape index (κ3) is 2.87. The second-order valence-corrected chi connectivity index (χ2v) is 7.73. The summed E-state index contributed by atoms with van der Waals surface area (Å²) in [6.07, 6.45) is 0. The average molecular weight is 262 g/mol. The molecule has 0 saturated carbocycles. The number of hydrogen-bond donors (Lipinski definition) is 3. The molecule has 0 heterocycles. The second kappa shape index (κ2) is 6.23. The molecule has 3 N–H and O–H groups in total. The Kier molecular flexibility index (Phi) is 6.23. The number of hydrazine groups is 3. The van der Waals surface area contributed by atoms with Crippen LogP contribution < -0.4 is 16.3 Å². The van der Waals surface area contributed by atoms with Crippen LogP contribution in [0.2, 0.25) is 5.04 Å². The Morgan fingerprint density at radius 1 is 0.765 bits per heavy atom. The molecule has 0 aromatic heterocycles. The highest BCUT2D eigenvalue weighted by Crippen LogP contribution is 2.40. The van der Waals surface area contributed by atoms with E-state index in [1.165, 1.54) is 0 Å². The van der Waals surface area contributed by atoms with Crippen LogP contribution in [0.15, 0.2) is 0 Å². The molecule has 17 heavy (non-hydrogen) atoms. The molecule has 0 aromatic rings. The summed E-state index contributed by atoms with van der Waals surface area (Å²) in [7, 11) is 13.0. The minimum absolute atomic E-state index is 0.111. The Bertz CT molecular complexity index is 203. The van der Waals surface area contributed by atoms with Gasteiger partial charge in [-0.15, -0.1) is 0 Å². The highest BCUT2D eigenvalue weighted by molar-refractivity contribution is 6.15. The van der Waals surface area contributed by atoms with E-state index in [0.29, 0.717) is 0 Å². The van der Waals surface area contributed by atoms with Crippen LogP contribution in [0.3, 0.4) is 0 Å². The van der Waals surface area contributed by atoms with Crippen molar-refractivity contribution in [3.8, 4) is 0 Å². The summed E-state index contributed by atoms with van der Waals surface area (Å²) in [5.74, 6) is -0.308. The summed E-state index contributed by atoms with van der Waals surface area (Å²) in [4.78, 5) is 0. The van der Waals surface area contributed by atoms with Gasteiger partial charge < -0.3 is 0 Å². The molecular weight excluding hydrogens is 232 g/mol. The normalized spacial score (nSPS) is 14.3. The zero-order valence-corrected chi connectivity index (χ0v) is 14.8. The van der Waals surface area contributed by atoms with E-state index in [0.717, 1.165) is 10.2 Å². The fraction of sp³-hybridized carbons (Fsp3) is 1.00. The van der Waals surface area contributed by atoms with Crippen LogP contribution in [-0.4, -0.2) is 73.3 Å². The van der Waals surface area contributed by atoms with Crippen molar-refractivity contribution >= 4 is 10.2 Å². The first-order chi connectivity index (χ1) is 7.69. The zero-order chi connectivity index (χ0) is 13.9. The topological polar surface area (TPSA) is 45.8 Å². The van der Waals surface area contributed by atoms with Gasteiger partial charge in [0, 0.05) is 31.4 Å². The highest BCUT2D eigenvalue weighted by Gasteiger charge is 2.51. The molecule has 0 aliphatic heterocycles. The molecule has 0 fully saturated rings. The molecule has 0 aliphatic carbocycles. The van der Waals surface area contributed by atoms with Crippen molar-refractivity contribution in [3.63, 3.8) is 0 Å². The molecule has 0 atom stereocenters. The molecule has 104 valence electrons. The van der Waals surface area contributed by atoms with E-state index in [1.54, 1.807) is 0 Å². The second-order valence-electron chi connectivity index (χ2n) is 5.23. The van der Waals surface area contributed by atoms with E-state index >= 15 is 0 Å². The predicted octanol–water partition coefficient (Wildman–Crippen LogP) is -1.60. The molecule has 0 unspecified atom stereocenters. The molecule has 0 radical (unpaired) electrons. The van der Waals surface area contributed by atoms with E-state index in [-0.39, 0.29) is 10.8 Å². The average Bonchev–Trinajstić information content (AvgIpc) is 2.26. The quantitative estimate of drug-likeness (QED) is 0.292.